The molecule has 0 radical (unpaired) electrons. The summed E-state index contributed by atoms with van der Waals surface area (Å²) in [6, 6.07) is 22.1. The molecule has 2 heterocycles. The van der Waals surface area contributed by atoms with Gasteiger partial charge in [-0.25, -0.2) is 4.98 Å². The molecule has 0 aliphatic carbocycles. The number of rotatable bonds is 7. The van der Waals surface area contributed by atoms with Crippen LogP contribution in [-0.2, 0) is 11.3 Å². The van der Waals surface area contributed by atoms with E-state index in [1.165, 1.54) is 0 Å². The molecule has 5 rings (SSSR count). The highest BCUT2D eigenvalue weighted by Crippen LogP contribution is 2.34. The molecule has 1 unspecified atom stereocenters. The van der Waals surface area contributed by atoms with Gasteiger partial charge in [0.25, 0.3) is 0 Å². The van der Waals surface area contributed by atoms with E-state index in [1.54, 1.807) is 7.11 Å². The van der Waals surface area contributed by atoms with E-state index in [-0.39, 0.29) is 11.8 Å². The van der Waals surface area contributed by atoms with Gasteiger partial charge in [-0.2, -0.15) is 0 Å². The van der Waals surface area contributed by atoms with Gasteiger partial charge in [0.15, 0.2) is 11.5 Å². The first kappa shape index (κ1) is 22.0. The standard InChI is InChI=1S/C28H29N3O3/c1-19-14-20(2)16-22(15-19)31-18-21(17-27(31)32)28-29-23-8-4-5-9-24(23)30(28)12-13-34-26-11-7-6-10-25(26)33-3/h4-11,14-16,21H,12-13,17-18H2,1-3H3. The van der Waals surface area contributed by atoms with Crippen molar-refractivity contribution in [3.05, 3.63) is 83.7 Å². The number of ether oxygens (including phenoxy) is 2. The highest BCUT2D eigenvalue weighted by molar-refractivity contribution is 5.96. The number of amides is 1. The predicted molar refractivity (Wildman–Crippen MR) is 134 cm³/mol. The smallest absolute Gasteiger partial charge is 0.227 e. The number of aromatic nitrogens is 2. The summed E-state index contributed by atoms with van der Waals surface area (Å²) in [4.78, 5) is 19.9. The molecule has 1 aliphatic rings. The zero-order valence-electron chi connectivity index (χ0n) is 19.8. The molecule has 1 aliphatic heterocycles. The van der Waals surface area contributed by atoms with Gasteiger partial charge in [-0.1, -0.05) is 30.3 Å². The number of hydrogen-bond acceptors (Lipinski definition) is 4. The largest absolute Gasteiger partial charge is 0.493 e. The van der Waals surface area contributed by atoms with Crippen LogP contribution in [0.1, 0.15) is 29.3 Å². The third-order valence-electron chi connectivity index (χ3n) is 6.33. The Bertz CT molecular complexity index is 1320. The van der Waals surface area contributed by atoms with E-state index in [1.807, 2.05) is 47.4 Å². The minimum atomic E-state index is 0.0204. The Morgan fingerprint density at radius 2 is 1.68 bits per heavy atom. The Morgan fingerprint density at radius 3 is 2.44 bits per heavy atom. The number of methoxy groups -OCH3 is 1. The maximum absolute atomic E-state index is 13.0. The lowest BCUT2D eigenvalue weighted by Gasteiger charge is -2.19. The van der Waals surface area contributed by atoms with Crippen LogP contribution in [-0.4, -0.2) is 35.7 Å². The highest BCUT2D eigenvalue weighted by atomic mass is 16.5. The number of aryl methyl sites for hydroxylation is 2. The summed E-state index contributed by atoms with van der Waals surface area (Å²) < 4.78 is 13.7. The molecule has 174 valence electrons. The van der Waals surface area contributed by atoms with Crippen molar-refractivity contribution >= 4 is 22.6 Å². The third-order valence-corrected chi connectivity index (χ3v) is 6.33. The van der Waals surface area contributed by atoms with Crippen LogP contribution < -0.4 is 14.4 Å². The van der Waals surface area contributed by atoms with Crippen molar-refractivity contribution in [2.75, 3.05) is 25.2 Å². The van der Waals surface area contributed by atoms with Crippen molar-refractivity contribution in [3.8, 4) is 11.5 Å². The Hall–Kier alpha value is -3.80. The first-order valence-corrected chi connectivity index (χ1v) is 11.6. The summed E-state index contributed by atoms with van der Waals surface area (Å²) >= 11 is 0. The molecule has 6 nitrogen and oxygen atoms in total. The quantitative estimate of drug-likeness (QED) is 0.381. The van der Waals surface area contributed by atoms with Crippen LogP contribution in [0.3, 0.4) is 0 Å². The van der Waals surface area contributed by atoms with Crippen LogP contribution >= 0.6 is 0 Å². The van der Waals surface area contributed by atoms with Crippen molar-refractivity contribution in [1.82, 2.24) is 9.55 Å². The maximum Gasteiger partial charge on any atom is 0.227 e. The molecule has 4 aromatic rings. The summed E-state index contributed by atoms with van der Waals surface area (Å²) in [5.74, 6) is 2.52. The summed E-state index contributed by atoms with van der Waals surface area (Å²) in [7, 11) is 1.64. The first-order chi connectivity index (χ1) is 16.5. The van der Waals surface area contributed by atoms with Crippen molar-refractivity contribution in [2.24, 2.45) is 0 Å². The van der Waals surface area contributed by atoms with Crippen LogP contribution in [0.25, 0.3) is 11.0 Å². The number of anilines is 1. The molecular formula is C28H29N3O3. The zero-order valence-corrected chi connectivity index (χ0v) is 19.8. The molecular weight excluding hydrogens is 426 g/mol. The summed E-state index contributed by atoms with van der Waals surface area (Å²) in [5, 5.41) is 0. The number of benzene rings is 3. The maximum atomic E-state index is 13.0. The third kappa shape index (κ3) is 4.23. The number of carbonyl (C=O) groups excluding carboxylic acids is 1. The van der Waals surface area contributed by atoms with Gasteiger partial charge in [0.2, 0.25) is 5.91 Å². The number of fused-ring (bicyclic) bond motifs is 1. The van der Waals surface area contributed by atoms with Gasteiger partial charge in [0, 0.05) is 24.6 Å². The predicted octanol–water partition coefficient (Wildman–Crippen LogP) is 5.26. The lowest BCUT2D eigenvalue weighted by Crippen LogP contribution is -2.25. The average molecular weight is 456 g/mol. The molecule has 0 bridgehead atoms. The molecule has 1 amide bonds. The molecule has 1 aromatic heterocycles. The van der Waals surface area contributed by atoms with Crippen molar-refractivity contribution in [3.63, 3.8) is 0 Å². The topological polar surface area (TPSA) is 56.6 Å². The molecule has 1 saturated heterocycles. The second-order valence-electron chi connectivity index (χ2n) is 8.86. The fraction of sp³-hybridized carbons (Fsp3) is 0.286. The van der Waals surface area contributed by atoms with E-state index >= 15 is 0 Å². The molecule has 0 spiro atoms. The lowest BCUT2D eigenvalue weighted by atomic mass is 10.1. The van der Waals surface area contributed by atoms with Crippen LogP contribution in [0.4, 0.5) is 5.69 Å². The number of para-hydroxylation sites is 4. The number of nitrogens with zero attached hydrogens (tertiary/aromatic N) is 3. The van der Waals surface area contributed by atoms with Gasteiger partial charge in [-0.15, -0.1) is 0 Å². The summed E-state index contributed by atoms with van der Waals surface area (Å²) in [6.45, 7) is 5.85. The second-order valence-corrected chi connectivity index (χ2v) is 8.86. The molecule has 1 atom stereocenters. The monoisotopic (exact) mass is 455 g/mol. The van der Waals surface area contributed by atoms with Gasteiger partial charge in [-0.05, 0) is 61.4 Å². The summed E-state index contributed by atoms with van der Waals surface area (Å²) in [5.41, 5.74) is 5.27. The van der Waals surface area contributed by atoms with E-state index < -0.39 is 0 Å². The SMILES string of the molecule is COc1ccccc1OCCn1c(C2CC(=O)N(c3cc(C)cc(C)c3)C2)nc2ccccc21. The van der Waals surface area contributed by atoms with Gasteiger partial charge in [0.1, 0.15) is 12.4 Å². The minimum Gasteiger partial charge on any atom is -0.493 e. The van der Waals surface area contributed by atoms with Gasteiger partial charge >= 0.3 is 0 Å². The Morgan fingerprint density at radius 1 is 0.971 bits per heavy atom. The van der Waals surface area contributed by atoms with Crippen LogP contribution in [0.15, 0.2) is 66.7 Å². The van der Waals surface area contributed by atoms with E-state index in [0.29, 0.717) is 37.6 Å². The highest BCUT2D eigenvalue weighted by Gasteiger charge is 2.35. The lowest BCUT2D eigenvalue weighted by molar-refractivity contribution is -0.117. The van der Waals surface area contributed by atoms with Gasteiger partial charge in [-0.3, -0.25) is 4.79 Å². The van der Waals surface area contributed by atoms with Gasteiger partial charge in [0.05, 0.1) is 24.7 Å². The molecule has 1 fully saturated rings. The molecule has 6 heteroatoms. The normalized spacial score (nSPS) is 15.8. The second kappa shape index (κ2) is 9.21. The van der Waals surface area contributed by atoms with Crippen molar-refractivity contribution in [1.29, 1.82) is 0 Å². The fourth-order valence-electron chi connectivity index (χ4n) is 4.86. The average Bonchev–Trinajstić information content (AvgIpc) is 3.39. The fourth-order valence-corrected chi connectivity index (χ4v) is 4.86. The molecule has 0 N–H and O–H groups in total. The number of hydrogen-bond donors (Lipinski definition) is 0. The van der Waals surface area contributed by atoms with E-state index in [4.69, 9.17) is 14.5 Å². The Balaban J connectivity index is 1.41. The van der Waals surface area contributed by atoms with E-state index in [9.17, 15) is 4.79 Å². The van der Waals surface area contributed by atoms with Crippen LogP contribution in [0, 0.1) is 13.8 Å². The van der Waals surface area contributed by atoms with Crippen LogP contribution in [0.5, 0.6) is 11.5 Å². The minimum absolute atomic E-state index is 0.0204. The molecule has 34 heavy (non-hydrogen) atoms. The zero-order chi connectivity index (χ0) is 23.7. The first-order valence-electron chi connectivity index (χ1n) is 11.6. The van der Waals surface area contributed by atoms with Crippen molar-refractivity contribution < 1.29 is 14.3 Å². The van der Waals surface area contributed by atoms with E-state index in [2.05, 4.69) is 42.7 Å². The summed E-state index contributed by atoms with van der Waals surface area (Å²) in [6.07, 6.45) is 0.448. The van der Waals surface area contributed by atoms with E-state index in [0.717, 1.165) is 33.7 Å². The Kier molecular flexibility index (Phi) is 5.97. The molecule has 3 aromatic carbocycles. The number of carbonyl (C=O) groups is 1. The van der Waals surface area contributed by atoms with Crippen molar-refractivity contribution in [2.45, 2.75) is 32.7 Å². The Labute approximate surface area is 199 Å². The van der Waals surface area contributed by atoms with Gasteiger partial charge < -0.3 is 18.9 Å². The van der Waals surface area contributed by atoms with Crippen LogP contribution in [0.2, 0.25) is 0 Å². The number of imidazole rings is 1. The molecule has 0 saturated carbocycles.